The molecule has 0 saturated carbocycles. The highest BCUT2D eigenvalue weighted by molar-refractivity contribution is 6.01. The summed E-state index contributed by atoms with van der Waals surface area (Å²) in [6, 6.07) is 3.42. The summed E-state index contributed by atoms with van der Waals surface area (Å²) in [5.74, 6) is -2.64. The highest BCUT2D eigenvalue weighted by Crippen LogP contribution is 2.30. The van der Waals surface area contributed by atoms with Crippen LogP contribution in [0, 0.1) is 18.7 Å². The Morgan fingerprint density at radius 2 is 2.04 bits per heavy atom. The van der Waals surface area contributed by atoms with Crippen LogP contribution in [0.1, 0.15) is 18.4 Å². The number of carbonyl (C=O) groups excluding carboxylic acids is 2. The molecule has 3 atom stereocenters. The molecule has 0 spiro atoms. The van der Waals surface area contributed by atoms with Crippen LogP contribution in [-0.4, -0.2) is 60.1 Å². The van der Waals surface area contributed by atoms with Gasteiger partial charge >= 0.3 is 5.97 Å². The van der Waals surface area contributed by atoms with Gasteiger partial charge < -0.3 is 19.6 Å². The average molecular weight is 364 g/mol. The number of aryl methyl sites for hydroxylation is 1. The zero-order valence-electron chi connectivity index (χ0n) is 14.6. The van der Waals surface area contributed by atoms with Gasteiger partial charge in [-0.25, -0.2) is 9.18 Å². The Kier molecular flexibility index (Phi) is 4.95. The first-order valence-electron chi connectivity index (χ1n) is 8.44. The fourth-order valence-electron chi connectivity index (χ4n) is 3.60. The van der Waals surface area contributed by atoms with Crippen molar-refractivity contribution in [2.45, 2.75) is 31.9 Å². The average Bonchev–Trinajstić information content (AvgIpc) is 3.20. The number of hydrogen-bond donors (Lipinski definition) is 1. The third-order valence-corrected chi connectivity index (χ3v) is 5.09. The summed E-state index contributed by atoms with van der Waals surface area (Å²) in [6.07, 6.45) is -0.0810. The Morgan fingerprint density at radius 3 is 2.65 bits per heavy atom. The third-order valence-electron chi connectivity index (χ3n) is 5.09. The second-order valence-electron chi connectivity index (χ2n) is 6.78. The SMILES string of the molecule is COC1CC(C(=O)O)N(C(=O)C2CC(=O)N(c3ccc(F)c(C)c3)C2)C1. The molecule has 0 bridgehead atoms. The van der Waals surface area contributed by atoms with E-state index < -0.39 is 17.9 Å². The zero-order valence-corrected chi connectivity index (χ0v) is 14.6. The minimum Gasteiger partial charge on any atom is -0.480 e. The van der Waals surface area contributed by atoms with Crippen molar-refractivity contribution in [3.05, 3.63) is 29.6 Å². The topological polar surface area (TPSA) is 87.1 Å². The summed E-state index contributed by atoms with van der Waals surface area (Å²) >= 11 is 0. The van der Waals surface area contributed by atoms with Crippen molar-refractivity contribution in [2.24, 2.45) is 5.92 Å². The van der Waals surface area contributed by atoms with Crippen molar-refractivity contribution in [2.75, 3.05) is 25.1 Å². The second-order valence-corrected chi connectivity index (χ2v) is 6.78. The molecule has 2 saturated heterocycles. The number of anilines is 1. The number of rotatable bonds is 4. The van der Waals surface area contributed by atoms with E-state index in [1.54, 1.807) is 13.0 Å². The van der Waals surface area contributed by atoms with Crippen LogP contribution in [0.3, 0.4) is 0 Å². The van der Waals surface area contributed by atoms with Crippen molar-refractivity contribution in [1.29, 1.82) is 0 Å². The second kappa shape index (κ2) is 7.03. The van der Waals surface area contributed by atoms with Crippen LogP contribution in [0.25, 0.3) is 0 Å². The predicted octanol–water partition coefficient (Wildman–Crippen LogP) is 1.19. The molecule has 2 fully saturated rings. The molecule has 7 nitrogen and oxygen atoms in total. The number of halogens is 1. The first-order chi connectivity index (χ1) is 12.3. The van der Waals surface area contributed by atoms with Crippen LogP contribution in [0.2, 0.25) is 0 Å². The minimum absolute atomic E-state index is 0.00967. The molecule has 26 heavy (non-hydrogen) atoms. The van der Waals surface area contributed by atoms with Crippen LogP contribution in [-0.2, 0) is 19.1 Å². The highest BCUT2D eigenvalue weighted by Gasteiger charge is 2.45. The van der Waals surface area contributed by atoms with Gasteiger partial charge in [0.2, 0.25) is 11.8 Å². The number of benzene rings is 1. The molecule has 8 heteroatoms. The zero-order chi connectivity index (χ0) is 19.0. The molecule has 0 aromatic heterocycles. The molecule has 3 unspecified atom stereocenters. The Hall–Kier alpha value is -2.48. The van der Waals surface area contributed by atoms with Gasteiger partial charge in [-0.1, -0.05) is 0 Å². The van der Waals surface area contributed by atoms with Gasteiger partial charge in [0.05, 0.1) is 12.0 Å². The molecule has 1 aromatic carbocycles. The van der Waals surface area contributed by atoms with E-state index in [0.717, 1.165) is 0 Å². The van der Waals surface area contributed by atoms with Gasteiger partial charge in [0.25, 0.3) is 0 Å². The van der Waals surface area contributed by atoms with Gasteiger partial charge in [-0.15, -0.1) is 0 Å². The van der Waals surface area contributed by atoms with E-state index in [2.05, 4.69) is 0 Å². The maximum Gasteiger partial charge on any atom is 0.326 e. The molecule has 0 radical (unpaired) electrons. The quantitative estimate of drug-likeness (QED) is 0.867. The van der Waals surface area contributed by atoms with E-state index in [1.165, 1.54) is 29.0 Å². The molecule has 1 N–H and O–H groups in total. The van der Waals surface area contributed by atoms with Gasteiger partial charge in [0.15, 0.2) is 0 Å². The third kappa shape index (κ3) is 3.29. The summed E-state index contributed by atoms with van der Waals surface area (Å²) in [5, 5.41) is 9.36. The lowest BCUT2D eigenvalue weighted by molar-refractivity contribution is -0.149. The van der Waals surface area contributed by atoms with Crippen LogP contribution in [0.5, 0.6) is 0 Å². The Bertz CT molecular complexity index is 753. The largest absolute Gasteiger partial charge is 0.480 e. The fourth-order valence-corrected chi connectivity index (χ4v) is 3.60. The number of nitrogens with zero attached hydrogens (tertiary/aromatic N) is 2. The van der Waals surface area contributed by atoms with Crippen molar-refractivity contribution in [3.8, 4) is 0 Å². The number of methoxy groups -OCH3 is 1. The number of aliphatic carboxylic acids is 1. The van der Waals surface area contributed by atoms with Gasteiger partial charge in [0, 0.05) is 38.7 Å². The lowest BCUT2D eigenvalue weighted by atomic mass is 10.1. The molecule has 0 aliphatic carbocycles. The molecular formula is C18H21FN2O5. The lowest BCUT2D eigenvalue weighted by Gasteiger charge is -2.24. The van der Waals surface area contributed by atoms with Crippen LogP contribution in [0.15, 0.2) is 18.2 Å². The standard InChI is InChI=1S/C18H21FN2O5/c1-10-5-12(3-4-14(10)19)20-8-11(6-16(20)22)17(23)21-9-13(26-2)7-15(21)18(24)25/h3-5,11,13,15H,6-9H2,1-2H3,(H,24,25). The first-order valence-corrected chi connectivity index (χ1v) is 8.44. The Morgan fingerprint density at radius 1 is 1.31 bits per heavy atom. The van der Waals surface area contributed by atoms with E-state index in [4.69, 9.17) is 4.74 Å². The highest BCUT2D eigenvalue weighted by atomic mass is 19.1. The van der Waals surface area contributed by atoms with Crippen LogP contribution < -0.4 is 4.90 Å². The lowest BCUT2D eigenvalue weighted by Crippen LogP contribution is -2.44. The minimum atomic E-state index is -1.08. The molecular weight excluding hydrogens is 343 g/mol. The molecule has 2 aliphatic rings. The van der Waals surface area contributed by atoms with Gasteiger partial charge in [-0.2, -0.15) is 0 Å². The maximum absolute atomic E-state index is 13.4. The van der Waals surface area contributed by atoms with Crippen molar-refractivity contribution < 1.29 is 28.6 Å². The molecule has 3 rings (SSSR count). The number of carboxylic acids is 1. The smallest absolute Gasteiger partial charge is 0.326 e. The van der Waals surface area contributed by atoms with Gasteiger partial charge in [0.1, 0.15) is 11.9 Å². The summed E-state index contributed by atoms with van der Waals surface area (Å²) in [4.78, 5) is 39.4. The summed E-state index contributed by atoms with van der Waals surface area (Å²) in [5.41, 5.74) is 0.952. The van der Waals surface area contributed by atoms with E-state index in [9.17, 15) is 23.9 Å². The van der Waals surface area contributed by atoms with Crippen molar-refractivity contribution in [1.82, 2.24) is 4.90 Å². The van der Waals surface area contributed by atoms with E-state index >= 15 is 0 Å². The van der Waals surface area contributed by atoms with Crippen molar-refractivity contribution >= 4 is 23.5 Å². The molecule has 2 aliphatic heterocycles. The van der Waals surface area contributed by atoms with Crippen molar-refractivity contribution in [3.63, 3.8) is 0 Å². The molecule has 1 aromatic rings. The first kappa shape index (κ1) is 18.3. The number of amides is 2. The summed E-state index contributed by atoms with van der Waals surface area (Å²) < 4.78 is 18.6. The monoisotopic (exact) mass is 364 g/mol. The van der Waals surface area contributed by atoms with E-state index in [1.807, 2.05) is 0 Å². The van der Waals surface area contributed by atoms with Crippen LogP contribution >= 0.6 is 0 Å². The number of carbonyl (C=O) groups is 3. The number of hydrogen-bond acceptors (Lipinski definition) is 4. The maximum atomic E-state index is 13.4. The normalized spacial score (nSPS) is 25.8. The number of carboxylic acid groups (broad SMARTS) is 1. The van der Waals surface area contributed by atoms with Crippen LogP contribution in [0.4, 0.5) is 10.1 Å². The summed E-state index contributed by atoms with van der Waals surface area (Å²) in [6.45, 7) is 1.96. The molecule has 2 amide bonds. The fraction of sp³-hybridized carbons (Fsp3) is 0.500. The van der Waals surface area contributed by atoms with Gasteiger partial charge in [-0.3, -0.25) is 9.59 Å². The Balaban J connectivity index is 1.76. The number of ether oxygens (including phenoxy) is 1. The molecule has 140 valence electrons. The van der Waals surface area contributed by atoms with E-state index in [-0.39, 0.29) is 49.7 Å². The Labute approximate surface area is 150 Å². The molecule has 2 heterocycles. The number of likely N-dealkylation sites (tertiary alicyclic amines) is 1. The predicted molar refractivity (Wildman–Crippen MR) is 90.1 cm³/mol. The van der Waals surface area contributed by atoms with Gasteiger partial charge in [-0.05, 0) is 30.7 Å². The summed E-state index contributed by atoms with van der Waals surface area (Å²) in [7, 11) is 1.48. The van der Waals surface area contributed by atoms with E-state index in [0.29, 0.717) is 11.3 Å².